The topological polar surface area (TPSA) is 313 Å². The molecular weight excluding hydrogens is 780 g/mol. The Morgan fingerprint density at radius 3 is 2.00 bits per heavy atom. The van der Waals surface area contributed by atoms with Crippen molar-refractivity contribution in [2.75, 3.05) is 31.0 Å². The third kappa shape index (κ3) is 11.9. The number of aromatic nitrogens is 1. The molecule has 2 heterocycles. The van der Waals surface area contributed by atoms with Gasteiger partial charge in [0.05, 0.1) is 9.85 Å². The molecule has 1 saturated heterocycles. The minimum absolute atomic E-state index is 0.00356. The first kappa shape index (κ1) is 41.0. The molecule has 4 rings (SSSR count). The van der Waals surface area contributed by atoms with Gasteiger partial charge in [-0.25, -0.2) is 24.4 Å². The first-order valence-electron chi connectivity index (χ1n) is 15.2. The lowest BCUT2D eigenvalue weighted by atomic mass is 9.98. The van der Waals surface area contributed by atoms with Crippen LogP contribution in [0.5, 0.6) is 0 Å². The van der Waals surface area contributed by atoms with Gasteiger partial charge in [0.15, 0.2) is 17.5 Å². The number of non-ortho nitro benzene ring substituents is 2. The number of hydroxylamine groups is 2. The number of alkyl halides is 1. The number of thiazole rings is 1. The van der Waals surface area contributed by atoms with Gasteiger partial charge in [-0.05, 0) is 35.4 Å². The Labute approximate surface area is 316 Å². The van der Waals surface area contributed by atoms with Gasteiger partial charge in [0, 0.05) is 29.6 Å². The Hall–Kier alpha value is -6.79. The average molecular weight is 807 g/mol. The molecule has 2 atom stereocenters. The standard InChI is InChI=1S/C30H27ClN8O15S/c31-9-22(40)34-30-33-20(15-55-30)25(36-53-13-23(41)50-10-16-1-5-18(6-2-16)38(46)47)27(43)35-26-21(12-52-29(32)45)37(28(26)44)54-14-24(42)51-11-17-3-7-19(8-4-17)39(48)49/h1-8,15,21,26H,9-14H2,(H2,32,45)(H,35,43)(H,33,34,40)/b36-25-/t21-,26-/m1/s1. The highest BCUT2D eigenvalue weighted by molar-refractivity contribution is 7.14. The van der Waals surface area contributed by atoms with Crippen LogP contribution in [-0.2, 0) is 61.1 Å². The van der Waals surface area contributed by atoms with E-state index in [1.165, 1.54) is 53.9 Å². The van der Waals surface area contributed by atoms with Gasteiger partial charge in [-0.2, -0.15) is 0 Å². The van der Waals surface area contributed by atoms with Gasteiger partial charge in [0.2, 0.25) is 12.5 Å². The zero-order chi connectivity index (χ0) is 40.1. The van der Waals surface area contributed by atoms with Crippen LogP contribution in [-0.4, -0.2) is 99.1 Å². The molecule has 0 bridgehead atoms. The molecule has 0 unspecified atom stereocenters. The summed E-state index contributed by atoms with van der Waals surface area (Å²) < 4.78 is 14.9. The lowest BCUT2D eigenvalue weighted by Crippen LogP contribution is -2.72. The number of carbonyl (C=O) groups excluding carboxylic acids is 6. The van der Waals surface area contributed by atoms with Crippen LogP contribution < -0.4 is 16.4 Å². The summed E-state index contributed by atoms with van der Waals surface area (Å²) in [5.41, 5.74) is 4.79. The van der Waals surface area contributed by atoms with E-state index in [-0.39, 0.29) is 35.4 Å². The molecule has 55 heavy (non-hydrogen) atoms. The Kier molecular flexibility index (Phi) is 14.4. The number of primary amides is 1. The fourth-order valence-electron chi connectivity index (χ4n) is 4.28. The number of β-lactam (4-membered cyclic amide) rings is 1. The molecule has 1 aliphatic rings. The maximum absolute atomic E-state index is 13.5. The van der Waals surface area contributed by atoms with Gasteiger partial charge in [-0.1, -0.05) is 5.16 Å². The van der Waals surface area contributed by atoms with E-state index in [1.54, 1.807) is 0 Å². The van der Waals surface area contributed by atoms with E-state index in [9.17, 15) is 49.0 Å². The number of anilines is 1. The monoisotopic (exact) mass is 806 g/mol. The lowest BCUT2D eigenvalue weighted by Gasteiger charge is -2.44. The summed E-state index contributed by atoms with van der Waals surface area (Å²) in [4.78, 5) is 109. The van der Waals surface area contributed by atoms with Gasteiger partial charge in [0.1, 0.15) is 43.5 Å². The van der Waals surface area contributed by atoms with Gasteiger partial charge in [-0.15, -0.1) is 22.9 Å². The fraction of sp³-hybridized carbons (Fsp3) is 0.267. The highest BCUT2D eigenvalue weighted by atomic mass is 35.5. The third-order valence-corrected chi connectivity index (χ3v) is 7.94. The number of nitro benzene ring substituents is 2. The number of nitrogens with two attached hydrogens (primary N) is 1. The second-order valence-electron chi connectivity index (χ2n) is 10.7. The highest BCUT2D eigenvalue weighted by Gasteiger charge is 2.51. The van der Waals surface area contributed by atoms with E-state index in [2.05, 4.69) is 20.8 Å². The number of hydrogen-bond acceptors (Lipinski definition) is 18. The minimum Gasteiger partial charge on any atom is -0.459 e. The van der Waals surface area contributed by atoms with E-state index in [0.717, 1.165) is 11.3 Å². The molecule has 0 saturated carbocycles. The molecule has 3 aromatic rings. The van der Waals surface area contributed by atoms with Crippen LogP contribution in [0.15, 0.2) is 59.1 Å². The second kappa shape index (κ2) is 19.3. The first-order chi connectivity index (χ1) is 26.2. The van der Waals surface area contributed by atoms with Crippen molar-refractivity contribution in [3.05, 3.63) is 91.0 Å². The summed E-state index contributed by atoms with van der Waals surface area (Å²) in [5, 5.41) is 32.0. The van der Waals surface area contributed by atoms with Crippen LogP contribution in [0.4, 0.5) is 21.3 Å². The Bertz CT molecular complexity index is 1980. The average Bonchev–Trinajstić information content (AvgIpc) is 3.62. The molecule has 4 N–H and O–H groups in total. The van der Waals surface area contributed by atoms with E-state index < -0.39 is 89.1 Å². The van der Waals surface area contributed by atoms with Gasteiger partial charge in [-0.3, -0.25) is 39.4 Å². The van der Waals surface area contributed by atoms with E-state index in [4.69, 9.17) is 41.2 Å². The third-order valence-electron chi connectivity index (χ3n) is 6.94. The number of carbonyl (C=O) groups is 6. The van der Waals surface area contributed by atoms with Crippen LogP contribution in [0, 0.1) is 20.2 Å². The Morgan fingerprint density at radius 1 is 0.909 bits per heavy atom. The summed E-state index contributed by atoms with van der Waals surface area (Å²) >= 11 is 6.38. The molecule has 0 spiro atoms. The van der Waals surface area contributed by atoms with Gasteiger partial charge < -0.3 is 35.4 Å². The number of benzene rings is 2. The predicted molar refractivity (Wildman–Crippen MR) is 184 cm³/mol. The van der Waals surface area contributed by atoms with Crippen LogP contribution >= 0.6 is 22.9 Å². The van der Waals surface area contributed by atoms with Crippen LogP contribution in [0.25, 0.3) is 0 Å². The zero-order valence-corrected chi connectivity index (χ0v) is 29.4. The minimum atomic E-state index is -1.46. The Morgan fingerprint density at radius 2 is 1.47 bits per heavy atom. The van der Waals surface area contributed by atoms with Crippen LogP contribution in [0.3, 0.4) is 0 Å². The summed E-state index contributed by atoms with van der Waals surface area (Å²) in [6.07, 6.45) is -1.24. The number of esters is 2. The first-order valence-corrected chi connectivity index (χ1v) is 16.7. The molecule has 25 heteroatoms. The maximum atomic E-state index is 13.5. The molecule has 23 nitrogen and oxygen atoms in total. The quantitative estimate of drug-likeness (QED) is 0.0290. The zero-order valence-electron chi connectivity index (χ0n) is 27.8. The largest absolute Gasteiger partial charge is 0.459 e. The van der Waals surface area contributed by atoms with Crippen molar-refractivity contribution in [1.82, 2.24) is 15.4 Å². The number of ether oxygens (including phenoxy) is 3. The SMILES string of the molecule is NC(=O)OC[C@@H]1[C@@H](NC(=O)/C(=N\OCC(=O)OCc2ccc([N+](=O)[O-])cc2)c2csc(NC(=O)CCl)n2)C(=O)N1OCC(=O)OCc1ccc([N+](=O)[O-])cc1. The van der Waals surface area contributed by atoms with Crippen molar-refractivity contribution in [1.29, 1.82) is 0 Å². The number of nitrogens with one attached hydrogen (secondary N) is 2. The molecular formula is C30H27ClN8O15S. The molecule has 1 aliphatic heterocycles. The van der Waals surface area contributed by atoms with Crippen LogP contribution in [0.1, 0.15) is 16.8 Å². The van der Waals surface area contributed by atoms with E-state index in [1.807, 2.05) is 0 Å². The van der Waals surface area contributed by atoms with Crippen LogP contribution in [0.2, 0.25) is 0 Å². The molecule has 0 radical (unpaired) electrons. The van der Waals surface area contributed by atoms with Crippen molar-refractivity contribution < 1.29 is 62.5 Å². The second-order valence-corrected chi connectivity index (χ2v) is 11.8. The van der Waals surface area contributed by atoms with Crippen molar-refractivity contribution in [3.8, 4) is 0 Å². The molecule has 4 amide bonds. The number of amides is 4. The smallest absolute Gasteiger partial charge is 0.404 e. The number of halogens is 1. The lowest BCUT2D eigenvalue weighted by molar-refractivity contribution is -0.385. The summed E-state index contributed by atoms with van der Waals surface area (Å²) in [7, 11) is 0. The molecule has 1 fully saturated rings. The Balaban J connectivity index is 1.40. The maximum Gasteiger partial charge on any atom is 0.404 e. The highest BCUT2D eigenvalue weighted by Crippen LogP contribution is 2.23. The van der Waals surface area contributed by atoms with Crippen molar-refractivity contribution >= 4 is 80.9 Å². The normalized spacial score (nSPS) is 14.9. The van der Waals surface area contributed by atoms with Gasteiger partial charge >= 0.3 is 18.0 Å². The number of nitro groups is 2. The number of nitrogens with zero attached hydrogens (tertiary/aromatic N) is 5. The molecule has 1 aromatic heterocycles. The fourth-order valence-corrected chi connectivity index (χ4v) is 5.06. The van der Waals surface area contributed by atoms with Crippen molar-refractivity contribution in [3.63, 3.8) is 0 Å². The number of rotatable bonds is 19. The van der Waals surface area contributed by atoms with Gasteiger partial charge in [0.25, 0.3) is 23.2 Å². The van der Waals surface area contributed by atoms with Crippen molar-refractivity contribution in [2.45, 2.75) is 25.3 Å². The predicted octanol–water partition coefficient (Wildman–Crippen LogP) is 1.07. The van der Waals surface area contributed by atoms with E-state index in [0.29, 0.717) is 16.2 Å². The summed E-state index contributed by atoms with van der Waals surface area (Å²) in [6.45, 7) is -2.82. The summed E-state index contributed by atoms with van der Waals surface area (Å²) in [5.74, 6) is -4.96. The van der Waals surface area contributed by atoms with E-state index >= 15 is 0 Å². The number of hydrogen-bond donors (Lipinski definition) is 3. The molecule has 0 aliphatic carbocycles. The molecule has 2 aromatic carbocycles. The van der Waals surface area contributed by atoms with Crippen molar-refractivity contribution in [2.24, 2.45) is 10.9 Å². The summed E-state index contributed by atoms with van der Waals surface area (Å²) in [6, 6.07) is 7.66. The molecule has 290 valence electrons. The number of oxime groups is 1.